The number of fused-ring (bicyclic) bond motifs is 2. The quantitative estimate of drug-likeness (QED) is 0.397. The summed E-state index contributed by atoms with van der Waals surface area (Å²) in [4.78, 5) is 16.5. The first kappa shape index (κ1) is 23.2. The van der Waals surface area contributed by atoms with Gasteiger partial charge in [-0.2, -0.15) is 0 Å². The number of piperidine rings is 1. The SMILES string of the molecule is COc1cc(Nc2nc(-c3cnc4c(c3)NCCO4)cn3ccnc23)ccc1C1CCN(C2COC2)CC1. The standard InChI is InChI=1S/C28H31N7O3/c1-36-25-13-20(2-3-22(25)18-4-8-34(9-5-18)21-16-37-17-21)32-26-27-30-6-10-35(27)15-24(33-26)19-12-23-28(31-14-19)38-11-7-29-23/h2-3,6,10,12-15,18,21,29H,4-5,7-9,11,16-17H2,1H3,(H,32,33). The van der Waals surface area contributed by atoms with Gasteiger partial charge in [-0.25, -0.2) is 15.0 Å². The Morgan fingerprint density at radius 1 is 1.13 bits per heavy atom. The van der Waals surface area contributed by atoms with Gasteiger partial charge in [0, 0.05) is 48.6 Å². The van der Waals surface area contributed by atoms with Gasteiger partial charge in [0.25, 0.3) is 0 Å². The van der Waals surface area contributed by atoms with Crippen molar-refractivity contribution in [1.29, 1.82) is 0 Å². The molecule has 3 aliphatic rings. The summed E-state index contributed by atoms with van der Waals surface area (Å²) in [7, 11) is 1.75. The molecule has 7 rings (SSSR count). The molecule has 0 aliphatic carbocycles. The molecular formula is C28H31N7O3. The molecule has 38 heavy (non-hydrogen) atoms. The zero-order valence-electron chi connectivity index (χ0n) is 21.4. The molecule has 0 saturated carbocycles. The van der Waals surface area contributed by atoms with E-state index in [0.717, 1.165) is 79.7 Å². The van der Waals surface area contributed by atoms with Crippen LogP contribution in [-0.4, -0.2) is 76.9 Å². The minimum atomic E-state index is 0.491. The number of aromatic nitrogens is 4. The van der Waals surface area contributed by atoms with E-state index in [2.05, 4.69) is 43.7 Å². The summed E-state index contributed by atoms with van der Waals surface area (Å²) in [6.45, 7) is 5.34. The van der Waals surface area contributed by atoms with Gasteiger partial charge in [-0.15, -0.1) is 0 Å². The Morgan fingerprint density at radius 2 is 2.03 bits per heavy atom. The van der Waals surface area contributed by atoms with Gasteiger partial charge in [-0.1, -0.05) is 6.07 Å². The van der Waals surface area contributed by atoms with Crippen molar-refractivity contribution in [2.45, 2.75) is 24.8 Å². The molecule has 6 heterocycles. The second kappa shape index (κ2) is 9.77. The number of ether oxygens (including phenoxy) is 3. The maximum absolute atomic E-state index is 5.86. The van der Waals surface area contributed by atoms with Crippen LogP contribution in [0, 0.1) is 0 Å². The summed E-state index contributed by atoms with van der Waals surface area (Å²) in [5.41, 5.74) is 5.48. The number of hydrogen-bond donors (Lipinski definition) is 2. The minimum Gasteiger partial charge on any atom is -0.496 e. The second-order valence-corrected chi connectivity index (χ2v) is 10.1. The van der Waals surface area contributed by atoms with E-state index in [1.807, 2.05) is 22.9 Å². The third-order valence-corrected chi connectivity index (χ3v) is 7.78. The normalized spacial score (nSPS) is 18.3. The maximum atomic E-state index is 5.86. The molecule has 3 aromatic heterocycles. The number of benzene rings is 1. The zero-order valence-corrected chi connectivity index (χ0v) is 21.4. The largest absolute Gasteiger partial charge is 0.496 e. The van der Waals surface area contributed by atoms with Crippen LogP contribution in [0.5, 0.6) is 11.6 Å². The van der Waals surface area contributed by atoms with Gasteiger partial charge in [0.1, 0.15) is 12.4 Å². The fraction of sp³-hybridized carbons (Fsp3) is 0.393. The van der Waals surface area contributed by atoms with Crippen LogP contribution >= 0.6 is 0 Å². The molecule has 0 unspecified atom stereocenters. The third kappa shape index (κ3) is 4.29. The number of pyridine rings is 1. The van der Waals surface area contributed by atoms with E-state index in [9.17, 15) is 0 Å². The molecule has 0 spiro atoms. The molecule has 10 heteroatoms. The average Bonchev–Trinajstić information content (AvgIpc) is 3.41. The number of hydrogen-bond acceptors (Lipinski definition) is 9. The van der Waals surface area contributed by atoms with Crippen LogP contribution in [0.3, 0.4) is 0 Å². The molecule has 0 amide bonds. The summed E-state index contributed by atoms with van der Waals surface area (Å²) in [6, 6.07) is 9.00. The Labute approximate surface area is 221 Å². The Balaban J connectivity index is 1.15. The molecular weight excluding hydrogens is 482 g/mol. The Kier molecular flexibility index (Phi) is 5.98. The van der Waals surface area contributed by atoms with Gasteiger partial charge in [0.15, 0.2) is 11.5 Å². The molecule has 0 bridgehead atoms. The van der Waals surface area contributed by atoms with Gasteiger partial charge >= 0.3 is 0 Å². The molecule has 0 radical (unpaired) electrons. The van der Waals surface area contributed by atoms with Crippen molar-refractivity contribution in [1.82, 2.24) is 24.3 Å². The Morgan fingerprint density at radius 3 is 2.84 bits per heavy atom. The molecule has 10 nitrogen and oxygen atoms in total. The first-order chi connectivity index (χ1) is 18.7. The number of rotatable bonds is 6. The smallest absolute Gasteiger partial charge is 0.237 e. The summed E-state index contributed by atoms with van der Waals surface area (Å²) >= 11 is 0. The lowest BCUT2D eigenvalue weighted by Gasteiger charge is -2.41. The highest BCUT2D eigenvalue weighted by molar-refractivity contribution is 5.75. The molecule has 1 aromatic carbocycles. The number of anilines is 3. The van der Waals surface area contributed by atoms with Crippen LogP contribution in [0.1, 0.15) is 24.3 Å². The average molecular weight is 514 g/mol. The molecule has 2 N–H and O–H groups in total. The third-order valence-electron chi connectivity index (χ3n) is 7.78. The van der Waals surface area contributed by atoms with Gasteiger partial charge in [-0.3, -0.25) is 4.90 Å². The number of imidazole rings is 1. The van der Waals surface area contributed by atoms with Crippen molar-refractivity contribution in [3.8, 4) is 22.9 Å². The van der Waals surface area contributed by atoms with Gasteiger partial charge in [0.05, 0.1) is 37.7 Å². The van der Waals surface area contributed by atoms with Crippen molar-refractivity contribution in [3.05, 3.63) is 54.6 Å². The number of nitrogens with zero attached hydrogens (tertiary/aromatic N) is 5. The van der Waals surface area contributed by atoms with E-state index < -0.39 is 0 Å². The summed E-state index contributed by atoms with van der Waals surface area (Å²) in [5, 5.41) is 6.84. The molecule has 2 fully saturated rings. The van der Waals surface area contributed by atoms with E-state index in [0.29, 0.717) is 30.3 Å². The predicted molar refractivity (Wildman–Crippen MR) is 145 cm³/mol. The van der Waals surface area contributed by atoms with E-state index in [-0.39, 0.29) is 0 Å². The van der Waals surface area contributed by atoms with E-state index in [4.69, 9.17) is 19.2 Å². The van der Waals surface area contributed by atoms with Crippen LogP contribution < -0.4 is 20.1 Å². The van der Waals surface area contributed by atoms with Gasteiger partial charge < -0.3 is 29.2 Å². The number of methoxy groups -OCH3 is 1. The summed E-state index contributed by atoms with van der Waals surface area (Å²) < 4.78 is 18.8. The first-order valence-electron chi connectivity index (χ1n) is 13.2. The van der Waals surface area contributed by atoms with E-state index in [1.165, 1.54) is 5.56 Å². The van der Waals surface area contributed by atoms with E-state index >= 15 is 0 Å². The van der Waals surface area contributed by atoms with Gasteiger partial charge in [0.2, 0.25) is 5.88 Å². The fourth-order valence-corrected chi connectivity index (χ4v) is 5.59. The Bertz CT molecular complexity index is 1460. The van der Waals surface area contributed by atoms with Gasteiger partial charge in [-0.05, 0) is 49.5 Å². The fourth-order valence-electron chi connectivity index (χ4n) is 5.59. The number of likely N-dealkylation sites (tertiary alicyclic amines) is 1. The monoisotopic (exact) mass is 513 g/mol. The molecule has 0 atom stereocenters. The number of nitrogens with one attached hydrogen (secondary N) is 2. The van der Waals surface area contributed by atoms with Crippen molar-refractivity contribution in [2.24, 2.45) is 0 Å². The first-order valence-corrected chi connectivity index (χ1v) is 13.2. The lowest BCUT2D eigenvalue weighted by molar-refractivity contribution is -0.0713. The molecule has 196 valence electrons. The maximum Gasteiger partial charge on any atom is 0.237 e. The van der Waals surface area contributed by atoms with Crippen LogP contribution in [0.4, 0.5) is 17.2 Å². The highest BCUT2D eigenvalue weighted by atomic mass is 16.5. The van der Waals surface area contributed by atoms with Crippen molar-refractivity contribution in [2.75, 3.05) is 57.2 Å². The van der Waals surface area contributed by atoms with Crippen molar-refractivity contribution in [3.63, 3.8) is 0 Å². The minimum absolute atomic E-state index is 0.491. The molecule has 2 saturated heterocycles. The lowest BCUT2D eigenvalue weighted by atomic mass is 9.88. The highest BCUT2D eigenvalue weighted by Gasteiger charge is 2.31. The highest BCUT2D eigenvalue weighted by Crippen LogP contribution is 2.38. The molecule has 3 aliphatic heterocycles. The summed E-state index contributed by atoms with van der Waals surface area (Å²) in [6.07, 6.45) is 9.72. The second-order valence-electron chi connectivity index (χ2n) is 10.1. The zero-order chi connectivity index (χ0) is 25.5. The van der Waals surface area contributed by atoms with Crippen molar-refractivity contribution >= 4 is 22.8 Å². The van der Waals surface area contributed by atoms with Crippen LogP contribution in [-0.2, 0) is 4.74 Å². The Hall–Kier alpha value is -3.89. The topological polar surface area (TPSA) is 98.1 Å². The predicted octanol–water partition coefficient (Wildman–Crippen LogP) is 3.93. The van der Waals surface area contributed by atoms with Crippen LogP contribution in [0.15, 0.2) is 49.1 Å². The lowest BCUT2D eigenvalue weighted by Crippen LogP contribution is -2.51. The summed E-state index contributed by atoms with van der Waals surface area (Å²) in [5.74, 6) is 2.68. The van der Waals surface area contributed by atoms with Crippen LogP contribution in [0.2, 0.25) is 0 Å². The molecule has 4 aromatic rings. The van der Waals surface area contributed by atoms with E-state index in [1.54, 1.807) is 19.5 Å². The van der Waals surface area contributed by atoms with Crippen molar-refractivity contribution < 1.29 is 14.2 Å². The van der Waals surface area contributed by atoms with Crippen LogP contribution in [0.25, 0.3) is 16.9 Å².